The summed E-state index contributed by atoms with van der Waals surface area (Å²) < 4.78 is 5.17. The van der Waals surface area contributed by atoms with Crippen molar-refractivity contribution in [2.45, 2.75) is 0 Å². The maximum absolute atomic E-state index is 2.56. The summed E-state index contributed by atoms with van der Waals surface area (Å²) in [5, 5.41) is 10.2. The Morgan fingerprint density at radius 2 is 0.943 bits per heavy atom. The number of hydrogen-bond acceptors (Lipinski definition) is 3. The van der Waals surface area contributed by atoms with Crippen LogP contribution in [0, 0.1) is 0 Å². The van der Waals surface area contributed by atoms with Crippen molar-refractivity contribution in [2.24, 2.45) is 0 Å². The van der Waals surface area contributed by atoms with Gasteiger partial charge in [0.1, 0.15) is 0 Å². The molecule has 1 nitrogen and oxygen atoms in total. The molecule has 0 saturated heterocycles. The topological polar surface area (TPSA) is 3.24 Å². The van der Waals surface area contributed by atoms with Gasteiger partial charge in [0.15, 0.2) is 0 Å². The van der Waals surface area contributed by atoms with Gasteiger partial charge in [-0.05, 0) is 80.7 Å². The number of rotatable bonds is 5. The molecule has 0 atom stereocenters. The highest BCUT2D eigenvalue weighted by molar-refractivity contribution is 7.26. The minimum absolute atomic E-state index is 1.15. The molecule has 2 heterocycles. The van der Waals surface area contributed by atoms with Crippen molar-refractivity contribution in [3.8, 4) is 22.3 Å². The Balaban J connectivity index is 1.28. The average Bonchev–Trinajstić information content (AvgIpc) is 3.81. The molecule has 0 radical (unpaired) electrons. The smallest absolute Gasteiger partial charge is 0.0640 e. The van der Waals surface area contributed by atoms with Gasteiger partial charge < -0.3 is 4.90 Å². The van der Waals surface area contributed by atoms with E-state index in [4.69, 9.17) is 0 Å². The summed E-state index contributed by atoms with van der Waals surface area (Å²) in [4.78, 5) is 2.56. The Kier molecular flexibility index (Phi) is 6.97. The third-order valence-corrected chi connectivity index (χ3v) is 13.0. The molecule has 11 aromatic rings. The third kappa shape index (κ3) is 4.82. The minimum Gasteiger partial charge on any atom is -0.308 e. The number of hydrogen-bond donors (Lipinski definition) is 0. The molecule has 0 bridgehead atoms. The van der Waals surface area contributed by atoms with E-state index in [-0.39, 0.29) is 0 Å². The molecule has 0 aliphatic rings. The predicted molar refractivity (Wildman–Crippen MR) is 233 cm³/mol. The normalized spacial score (nSPS) is 11.8. The summed E-state index contributed by atoms with van der Waals surface area (Å²) in [6, 6.07) is 69.3. The highest BCUT2D eigenvalue weighted by Crippen LogP contribution is 2.51. The van der Waals surface area contributed by atoms with Gasteiger partial charge in [-0.15, -0.1) is 22.7 Å². The lowest BCUT2D eigenvalue weighted by Gasteiger charge is -2.30. The van der Waals surface area contributed by atoms with Gasteiger partial charge in [0.05, 0.1) is 21.8 Å². The van der Waals surface area contributed by atoms with Crippen LogP contribution in [0.4, 0.5) is 17.1 Å². The van der Waals surface area contributed by atoms with Crippen LogP contribution in [0.1, 0.15) is 0 Å². The van der Waals surface area contributed by atoms with E-state index in [9.17, 15) is 0 Å². The van der Waals surface area contributed by atoms with E-state index in [1.807, 2.05) is 22.7 Å². The maximum atomic E-state index is 2.56. The zero-order valence-electron chi connectivity index (χ0n) is 28.7. The molecule has 0 spiro atoms. The Hall–Kier alpha value is -6.26. The molecular formula is C50H31NS2. The summed E-state index contributed by atoms with van der Waals surface area (Å²) in [5.74, 6) is 0. The van der Waals surface area contributed by atoms with Gasteiger partial charge in [0.2, 0.25) is 0 Å². The van der Waals surface area contributed by atoms with Crippen molar-refractivity contribution in [1.82, 2.24) is 0 Å². The van der Waals surface area contributed by atoms with Crippen molar-refractivity contribution >= 4 is 102 Å². The van der Waals surface area contributed by atoms with Crippen LogP contribution in [0.15, 0.2) is 188 Å². The summed E-state index contributed by atoms with van der Waals surface area (Å²) in [7, 11) is 0. The van der Waals surface area contributed by atoms with Crippen LogP contribution >= 0.6 is 22.7 Å². The Morgan fingerprint density at radius 1 is 0.321 bits per heavy atom. The van der Waals surface area contributed by atoms with Crippen LogP contribution in [0.5, 0.6) is 0 Å². The van der Waals surface area contributed by atoms with E-state index < -0.39 is 0 Å². The van der Waals surface area contributed by atoms with E-state index in [1.54, 1.807) is 0 Å². The number of anilines is 3. The van der Waals surface area contributed by atoms with E-state index in [0.717, 1.165) is 5.69 Å². The summed E-state index contributed by atoms with van der Waals surface area (Å²) >= 11 is 3.75. The summed E-state index contributed by atoms with van der Waals surface area (Å²) in [6.07, 6.45) is 0. The first-order valence-electron chi connectivity index (χ1n) is 18.0. The lowest BCUT2D eigenvalue weighted by molar-refractivity contribution is 1.32. The second-order valence-corrected chi connectivity index (χ2v) is 15.8. The van der Waals surface area contributed by atoms with Crippen LogP contribution in [0.2, 0.25) is 0 Å². The summed E-state index contributed by atoms with van der Waals surface area (Å²) in [6.45, 7) is 0. The molecule has 11 rings (SSSR count). The first kappa shape index (κ1) is 30.4. The fourth-order valence-electron chi connectivity index (χ4n) is 8.28. The molecule has 0 amide bonds. The molecule has 3 heteroatoms. The van der Waals surface area contributed by atoms with Crippen molar-refractivity contribution in [3.05, 3.63) is 188 Å². The highest BCUT2D eigenvalue weighted by atomic mass is 32.1. The van der Waals surface area contributed by atoms with Crippen LogP contribution in [0.25, 0.3) is 84.1 Å². The van der Waals surface area contributed by atoms with E-state index in [1.165, 1.54) is 95.5 Å². The molecule has 0 aliphatic carbocycles. The van der Waals surface area contributed by atoms with Gasteiger partial charge >= 0.3 is 0 Å². The zero-order valence-corrected chi connectivity index (χ0v) is 30.3. The second-order valence-electron chi connectivity index (χ2n) is 13.6. The molecule has 2 aromatic heterocycles. The number of benzene rings is 9. The molecule has 248 valence electrons. The highest BCUT2D eigenvalue weighted by Gasteiger charge is 2.25. The van der Waals surface area contributed by atoms with Gasteiger partial charge in [-0.3, -0.25) is 0 Å². The molecular weight excluding hydrogens is 679 g/mol. The molecule has 0 unspecified atom stereocenters. The Bertz CT molecular complexity index is 3190. The van der Waals surface area contributed by atoms with E-state index in [2.05, 4.69) is 193 Å². The predicted octanol–water partition coefficient (Wildman–Crippen LogP) is 15.5. The van der Waals surface area contributed by atoms with Crippen molar-refractivity contribution in [3.63, 3.8) is 0 Å². The van der Waals surface area contributed by atoms with Crippen LogP contribution < -0.4 is 4.90 Å². The molecule has 0 fully saturated rings. The fraction of sp³-hybridized carbons (Fsp3) is 0. The lowest BCUT2D eigenvalue weighted by atomic mass is 9.91. The standard InChI is InChI=1S/C50H31NS2/c1-2-14-32(15-3-1)36-29-28-34(42-30-33-16-4-5-17-35(33)37-18-6-7-19-38(37)42)31-45(36)51(43-23-13-27-48-49(43)41-21-9-11-26-47(41)52-48)44-24-12-22-40-39-20-8-10-25-46(39)53-50(40)44/h1-31H. The van der Waals surface area contributed by atoms with Gasteiger partial charge in [-0.2, -0.15) is 0 Å². The van der Waals surface area contributed by atoms with Gasteiger partial charge in [0, 0.05) is 41.2 Å². The van der Waals surface area contributed by atoms with Crippen LogP contribution in [0.3, 0.4) is 0 Å². The Morgan fingerprint density at radius 3 is 1.79 bits per heavy atom. The van der Waals surface area contributed by atoms with Gasteiger partial charge in [0.25, 0.3) is 0 Å². The second kappa shape index (κ2) is 12.2. The average molecular weight is 710 g/mol. The number of nitrogens with zero attached hydrogens (tertiary/aromatic N) is 1. The maximum Gasteiger partial charge on any atom is 0.0640 e. The lowest BCUT2D eigenvalue weighted by Crippen LogP contribution is -2.12. The van der Waals surface area contributed by atoms with E-state index >= 15 is 0 Å². The molecule has 0 N–H and O–H groups in total. The fourth-order valence-corrected chi connectivity index (χ4v) is 10.6. The molecule has 9 aromatic carbocycles. The number of fused-ring (bicyclic) bond motifs is 9. The Labute approximate surface area is 315 Å². The van der Waals surface area contributed by atoms with Crippen molar-refractivity contribution in [1.29, 1.82) is 0 Å². The van der Waals surface area contributed by atoms with Gasteiger partial charge in [-0.25, -0.2) is 0 Å². The summed E-state index contributed by atoms with van der Waals surface area (Å²) in [5.41, 5.74) is 8.32. The van der Waals surface area contributed by atoms with Crippen LogP contribution in [-0.2, 0) is 0 Å². The number of thiophene rings is 2. The molecule has 0 saturated carbocycles. The van der Waals surface area contributed by atoms with E-state index in [0.29, 0.717) is 0 Å². The molecule has 0 aliphatic heterocycles. The minimum atomic E-state index is 1.15. The monoisotopic (exact) mass is 709 g/mol. The third-order valence-electron chi connectivity index (χ3n) is 10.6. The quantitative estimate of drug-likeness (QED) is 0.161. The van der Waals surface area contributed by atoms with Crippen molar-refractivity contribution in [2.75, 3.05) is 4.90 Å². The van der Waals surface area contributed by atoms with Gasteiger partial charge in [-0.1, -0.05) is 146 Å². The first-order chi connectivity index (χ1) is 26.3. The van der Waals surface area contributed by atoms with Crippen molar-refractivity contribution < 1.29 is 0 Å². The largest absolute Gasteiger partial charge is 0.308 e. The SMILES string of the molecule is c1ccc(-c2ccc(-c3cc4ccccc4c4ccccc34)cc2N(c2cccc3c2sc2ccccc23)c2cccc3sc4ccccc4c23)cc1. The molecule has 53 heavy (non-hydrogen) atoms. The zero-order chi connectivity index (χ0) is 34.9. The first-order valence-corrected chi connectivity index (χ1v) is 19.6. The van der Waals surface area contributed by atoms with Crippen LogP contribution in [-0.4, -0.2) is 0 Å².